The Labute approximate surface area is 117 Å². The maximum atomic E-state index is 13.0. The van der Waals surface area contributed by atoms with Crippen LogP contribution in [-0.2, 0) is 13.2 Å². The number of nitrogens with zero attached hydrogens (tertiary/aromatic N) is 1. The number of hydrogen-bond donors (Lipinski definition) is 1. The molecule has 0 radical (unpaired) electrons. The number of hydrogen-bond acceptors (Lipinski definition) is 2. The fourth-order valence-corrected chi connectivity index (χ4v) is 2.16. The minimum atomic E-state index is -0.307. The third-order valence-corrected chi connectivity index (χ3v) is 3.11. The standard InChI is InChI=1S/C16H18FNO2/c1-11(2)9-18-15(8-5-13(10-19)16(18)20)12-3-6-14(17)7-4-12/h3-8,11,19H,9-10H2,1-2H3. The summed E-state index contributed by atoms with van der Waals surface area (Å²) in [6.07, 6.45) is 0. The number of aliphatic hydroxyl groups is 1. The fraction of sp³-hybridized carbons (Fsp3) is 0.312. The molecule has 0 atom stereocenters. The lowest BCUT2D eigenvalue weighted by Crippen LogP contribution is -2.27. The van der Waals surface area contributed by atoms with Crippen LogP contribution in [0.5, 0.6) is 0 Å². The van der Waals surface area contributed by atoms with E-state index in [2.05, 4.69) is 0 Å². The zero-order valence-corrected chi connectivity index (χ0v) is 11.6. The van der Waals surface area contributed by atoms with E-state index in [1.807, 2.05) is 13.8 Å². The molecule has 0 bridgehead atoms. The van der Waals surface area contributed by atoms with Crippen molar-refractivity contribution in [3.05, 3.63) is 58.1 Å². The summed E-state index contributed by atoms with van der Waals surface area (Å²) in [5.41, 5.74) is 1.70. The number of pyridine rings is 1. The van der Waals surface area contributed by atoms with Crippen LogP contribution in [0.25, 0.3) is 11.3 Å². The monoisotopic (exact) mass is 275 g/mol. The van der Waals surface area contributed by atoms with Gasteiger partial charge in [0.05, 0.1) is 12.3 Å². The lowest BCUT2D eigenvalue weighted by Gasteiger charge is -2.16. The summed E-state index contributed by atoms with van der Waals surface area (Å²) >= 11 is 0. The quantitative estimate of drug-likeness (QED) is 0.932. The Bertz CT molecular complexity index is 645. The van der Waals surface area contributed by atoms with E-state index < -0.39 is 0 Å². The van der Waals surface area contributed by atoms with Gasteiger partial charge in [-0.05, 0) is 47.9 Å². The lowest BCUT2D eigenvalue weighted by atomic mass is 10.1. The van der Waals surface area contributed by atoms with E-state index in [0.29, 0.717) is 18.0 Å². The molecular weight excluding hydrogens is 257 g/mol. The molecule has 0 aliphatic carbocycles. The number of benzene rings is 1. The second-order valence-corrected chi connectivity index (χ2v) is 5.22. The molecule has 0 aliphatic heterocycles. The van der Waals surface area contributed by atoms with Gasteiger partial charge in [-0.2, -0.15) is 0 Å². The van der Waals surface area contributed by atoms with Crippen LogP contribution < -0.4 is 5.56 Å². The zero-order chi connectivity index (χ0) is 14.7. The first-order chi connectivity index (χ1) is 9.52. The first kappa shape index (κ1) is 14.5. The molecule has 20 heavy (non-hydrogen) atoms. The third-order valence-electron chi connectivity index (χ3n) is 3.11. The maximum Gasteiger partial charge on any atom is 0.256 e. The normalized spacial score (nSPS) is 11.1. The highest BCUT2D eigenvalue weighted by Crippen LogP contribution is 2.20. The second-order valence-electron chi connectivity index (χ2n) is 5.22. The van der Waals surface area contributed by atoms with Crippen molar-refractivity contribution in [1.29, 1.82) is 0 Å². The minimum Gasteiger partial charge on any atom is -0.391 e. The molecular formula is C16H18FNO2. The van der Waals surface area contributed by atoms with Crippen LogP contribution in [-0.4, -0.2) is 9.67 Å². The van der Waals surface area contributed by atoms with E-state index in [1.165, 1.54) is 12.1 Å². The molecule has 1 N–H and O–H groups in total. The van der Waals surface area contributed by atoms with Crippen molar-refractivity contribution in [2.75, 3.05) is 0 Å². The van der Waals surface area contributed by atoms with Crippen LogP contribution in [0.4, 0.5) is 4.39 Å². The van der Waals surface area contributed by atoms with Gasteiger partial charge in [-0.1, -0.05) is 13.8 Å². The molecule has 0 spiro atoms. The van der Waals surface area contributed by atoms with E-state index in [-0.39, 0.29) is 18.0 Å². The summed E-state index contributed by atoms with van der Waals surface area (Å²) in [6.45, 7) is 4.32. The SMILES string of the molecule is CC(C)Cn1c(-c2ccc(F)cc2)ccc(CO)c1=O. The van der Waals surface area contributed by atoms with E-state index in [9.17, 15) is 14.3 Å². The smallest absolute Gasteiger partial charge is 0.256 e. The molecule has 0 amide bonds. The number of aromatic nitrogens is 1. The van der Waals surface area contributed by atoms with Gasteiger partial charge in [0.2, 0.25) is 0 Å². The van der Waals surface area contributed by atoms with Crippen LogP contribution in [0.15, 0.2) is 41.2 Å². The molecule has 0 saturated carbocycles. The minimum absolute atomic E-state index is 0.192. The molecule has 0 saturated heterocycles. The Morgan fingerprint density at radius 3 is 2.35 bits per heavy atom. The molecule has 106 valence electrons. The molecule has 0 fully saturated rings. The van der Waals surface area contributed by atoms with Gasteiger partial charge in [0.1, 0.15) is 5.82 Å². The molecule has 2 aromatic rings. The van der Waals surface area contributed by atoms with Crippen molar-refractivity contribution in [2.24, 2.45) is 5.92 Å². The number of rotatable bonds is 4. The van der Waals surface area contributed by atoms with Crippen molar-refractivity contribution in [3.8, 4) is 11.3 Å². The Morgan fingerprint density at radius 2 is 1.80 bits per heavy atom. The van der Waals surface area contributed by atoms with Crippen LogP contribution in [0.2, 0.25) is 0 Å². The second kappa shape index (κ2) is 6.01. The highest BCUT2D eigenvalue weighted by molar-refractivity contribution is 5.59. The van der Waals surface area contributed by atoms with Gasteiger partial charge in [-0.15, -0.1) is 0 Å². The Balaban J connectivity index is 2.60. The number of aliphatic hydroxyl groups excluding tert-OH is 1. The van der Waals surface area contributed by atoms with E-state index in [4.69, 9.17) is 0 Å². The average molecular weight is 275 g/mol. The summed E-state index contributed by atoms with van der Waals surface area (Å²) in [6, 6.07) is 9.47. The molecule has 0 unspecified atom stereocenters. The molecule has 1 heterocycles. The molecule has 0 aliphatic rings. The van der Waals surface area contributed by atoms with Gasteiger partial charge in [-0.25, -0.2) is 4.39 Å². The molecule has 1 aromatic heterocycles. The summed E-state index contributed by atoms with van der Waals surface area (Å²) in [5, 5.41) is 9.21. The zero-order valence-electron chi connectivity index (χ0n) is 11.6. The van der Waals surface area contributed by atoms with Crippen LogP contribution in [0.3, 0.4) is 0 Å². The van der Waals surface area contributed by atoms with Crippen LogP contribution in [0.1, 0.15) is 19.4 Å². The molecule has 2 rings (SSSR count). The molecule has 1 aromatic carbocycles. The van der Waals surface area contributed by atoms with Crippen LogP contribution >= 0.6 is 0 Å². The van der Waals surface area contributed by atoms with Gasteiger partial charge < -0.3 is 9.67 Å². The van der Waals surface area contributed by atoms with Crippen molar-refractivity contribution < 1.29 is 9.50 Å². The summed E-state index contributed by atoms with van der Waals surface area (Å²) in [4.78, 5) is 12.3. The molecule has 3 nitrogen and oxygen atoms in total. The highest BCUT2D eigenvalue weighted by atomic mass is 19.1. The first-order valence-electron chi connectivity index (χ1n) is 6.62. The van der Waals surface area contributed by atoms with Gasteiger partial charge in [0.25, 0.3) is 5.56 Å². The van der Waals surface area contributed by atoms with Crippen molar-refractivity contribution in [3.63, 3.8) is 0 Å². The van der Waals surface area contributed by atoms with Gasteiger partial charge in [-0.3, -0.25) is 4.79 Å². The van der Waals surface area contributed by atoms with Crippen molar-refractivity contribution in [2.45, 2.75) is 27.0 Å². The topological polar surface area (TPSA) is 42.2 Å². The van der Waals surface area contributed by atoms with Crippen molar-refractivity contribution >= 4 is 0 Å². The van der Waals surface area contributed by atoms with E-state index in [1.54, 1.807) is 28.8 Å². The summed E-state index contributed by atoms with van der Waals surface area (Å²) in [7, 11) is 0. The average Bonchev–Trinajstić information content (AvgIpc) is 2.42. The predicted molar refractivity (Wildman–Crippen MR) is 76.9 cm³/mol. The van der Waals surface area contributed by atoms with E-state index >= 15 is 0 Å². The lowest BCUT2D eigenvalue weighted by molar-refractivity contribution is 0.279. The van der Waals surface area contributed by atoms with Crippen LogP contribution in [0, 0.1) is 11.7 Å². The fourth-order valence-electron chi connectivity index (χ4n) is 2.16. The summed E-state index contributed by atoms with van der Waals surface area (Å²) in [5.74, 6) is -0.0145. The maximum absolute atomic E-state index is 13.0. The van der Waals surface area contributed by atoms with Gasteiger partial charge >= 0.3 is 0 Å². The molecule has 4 heteroatoms. The van der Waals surface area contributed by atoms with Crippen molar-refractivity contribution in [1.82, 2.24) is 4.57 Å². The predicted octanol–water partition coefficient (Wildman–Crippen LogP) is 2.80. The Hall–Kier alpha value is -1.94. The third kappa shape index (κ3) is 2.96. The highest BCUT2D eigenvalue weighted by Gasteiger charge is 2.11. The van der Waals surface area contributed by atoms with Gasteiger partial charge in [0.15, 0.2) is 0 Å². The number of halogens is 1. The first-order valence-corrected chi connectivity index (χ1v) is 6.62. The Morgan fingerprint density at radius 1 is 1.15 bits per heavy atom. The summed E-state index contributed by atoms with van der Waals surface area (Å²) < 4.78 is 14.7. The van der Waals surface area contributed by atoms with E-state index in [0.717, 1.165) is 11.3 Å². The van der Waals surface area contributed by atoms with Gasteiger partial charge in [0, 0.05) is 12.1 Å². The largest absolute Gasteiger partial charge is 0.391 e. The Kier molecular flexibility index (Phi) is 4.35.